The van der Waals surface area contributed by atoms with Crippen LogP contribution in [-0.4, -0.2) is 40.5 Å². The van der Waals surface area contributed by atoms with Crippen LogP contribution < -0.4 is 10.6 Å². The maximum atomic E-state index is 12.2. The maximum Gasteiger partial charge on any atom is 0.330 e. The van der Waals surface area contributed by atoms with E-state index in [9.17, 15) is 24.6 Å². The van der Waals surface area contributed by atoms with Crippen molar-refractivity contribution in [1.29, 1.82) is 0 Å². The normalized spacial score (nSPS) is 22.9. The van der Waals surface area contributed by atoms with Crippen molar-refractivity contribution in [3.05, 3.63) is 29.8 Å². The summed E-state index contributed by atoms with van der Waals surface area (Å²) in [6, 6.07) is 4.26. The largest absolute Gasteiger partial charge is 0.508 e. The number of phenols is 1. The topological polar surface area (TPSA) is 116 Å². The number of Topliss-reactive ketones (excluding diaryl/α,β-unsaturated/α-hetero) is 1. The number of nitrogens with one attached hydrogen (secondary N) is 2. The van der Waals surface area contributed by atoms with Crippen LogP contribution in [0.4, 0.5) is 0 Å². The predicted molar refractivity (Wildman–Crippen MR) is 77.2 cm³/mol. The minimum atomic E-state index is -1.26. The second-order valence-electron chi connectivity index (χ2n) is 5.40. The van der Waals surface area contributed by atoms with Gasteiger partial charge in [-0.05, 0) is 24.6 Å². The first-order valence-corrected chi connectivity index (χ1v) is 6.96. The molecule has 7 heteroatoms. The van der Waals surface area contributed by atoms with Crippen LogP contribution in [0, 0.1) is 5.92 Å². The molecule has 1 aromatic rings. The minimum Gasteiger partial charge on any atom is -0.508 e. The Morgan fingerprint density at radius 3 is 2.50 bits per heavy atom. The first kappa shape index (κ1) is 16.0. The molecule has 2 rings (SSSR count). The molecule has 0 radical (unpaired) electrons. The smallest absolute Gasteiger partial charge is 0.330 e. The standard InChI is InChI=1S/C15H18N2O5/c1-8-6-12(19)11(7-16-8)14(20)17-13(15(21)22)9-2-4-10(18)5-3-9/h2-5,8,11,13,16,18H,6-7H2,1H3,(H,17,20)(H,21,22)/t8?,11?,13-/m1/s1. The van der Waals surface area contributed by atoms with Gasteiger partial charge in [0.25, 0.3) is 0 Å². The average Bonchev–Trinajstić information content (AvgIpc) is 2.45. The molecule has 0 aromatic heterocycles. The third kappa shape index (κ3) is 3.62. The Balaban J connectivity index is 2.11. The van der Waals surface area contributed by atoms with Gasteiger partial charge in [-0.1, -0.05) is 12.1 Å². The van der Waals surface area contributed by atoms with E-state index in [0.717, 1.165) is 0 Å². The number of amides is 1. The number of aliphatic carboxylic acids is 1. The first-order valence-electron chi connectivity index (χ1n) is 6.96. The van der Waals surface area contributed by atoms with Crippen LogP contribution in [0.5, 0.6) is 5.75 Å². The van der Waals surface area contributed by atoms with Gasteiger partial charge >= 0.3 is 5.97 Å². The fourth-order valence-electron chi connectivity index (χ4n) is 2.39. The van der Waals surface area contributed by atoms with E-state index in [-0.39, 0.29) is 30.5 Å². The van der Waals surface area contributed by atoms with Gasteiger partial charge in [-0.25, -0.2) is 4.79 Å². The summed E-state index contributed by atoms with van der Waals surface area (Å²) in [6.07, 6.45) is 0.245. The number of aromatic hydroxyl groups is 1. The molecular weight excluding hydrogens is 288 g/mol. The highest BCUT2D eigenvalue weighted by molar-refractivity contribution is 6.03. The lowest BCUT2D eigenvalue weighted by Gasteiger charge is -2.26. The van der Waals surface area contributed by atoms with Crippen molar-refractivity contribution in [2.45, 2.75) is 25.4 Å². The highest BCUT2D eigenvalue weighted by atomic mass is 16.4. The van der Waals surface area contributed by atoms with Gasteiger partial charge in [0.15, 0.2) is 6.04 Å². The Morgan fingerprint density at radius 1 is 1.32 bits per heavy atom. The Labute approximate surface area is 127 Å². The molecular formula is C15H18N2O5. The van der Waals surface area contributed by atoms with Crippen LogP contribution in [0.25, 0.3) is 0 Å². The summed E-state index contributed by atoms with van der Waals surface area (Å²) >= 11 is 0. The van der Waals surface area contributed by atoms with E-state index in [2.05, 4.69) is 10.6 Å². The van der Waals surface area contributed by atoms with Gasteiger partial charge in [0.2, 0.25) is 5.91 Å². The fourth-order valence-corrected chi connectivity index (χ4v) is 2.39. The molecule has 1 heterocycles. The Bertz CT molecular complexity index is 584. The van der Waals surface area contributed by atoms with Crippen LogP contribution in [-0.2, 0) is 14.4 Å². The zero-order valence-corrected chi connectivity index (χ0v) is 12.1. The van der Waals surface area contributed by atoms with Crippen molar-refractivity contribution < 1.29 is 24.6 Å². The molecule has 118 valence electrons. The molecule has 1 fully saturated rings. The van der Waals surface area contributed by atoms with Crippen LogP contribution in [0.2, 0.25) is 0 Å². The summed E-state index contributed by atoms with van der Waals surface area (Å²) in [5, 5.41) is 23.9. The summed E-state index contributed by atoms with van der Waals surface area (Å²) in [5.41, 5.74) is 0.322. The van der Waals surface area contributed by atoms with Crippen LogP contribution in [0.1, 0.15) is 24.9 Å². The Morgan fingerprint density at radius 2 is 1.95 bits per heavy atom. The molecule has 1 aliphatic heterocycles. The molecule has 1 saturated heterocycles. The molecule has 4 N–H and O–H groups in total. The second-order valence-corrected chi connectivity index (χ2v) is 5.40. The van der Waals surface area contributed by atoms with E-state index in [4.69, 9.17) is 0 Å². The van der Waals surface area contributed by atoms with Crippen molar-refractivity contribution in [3.63, 3.8) is 0 Å². The molecule has 3 atom stereocenters. The highest BCUT2D eigenvalue weighted by Crippen LogP contribution is 2.19. The number of rotatable bonds is 4. The van der Waals surface area contributed by atoms with Crippen molar-refractivity contribution in [3.8, 4) is 5.75 Å². The third-order valence-electron chi connectivity index (χ3n) is 3.64. The molecule has 1 amide bonds. The van der Waals surface area contributed by atoms with Gasteiger partial charge in [0.05, 0.1) is 0 Å². The van der Waals surface area contributed by atoms with Gasteiger partial charge in [-0.15, -0.1) is 0 Å². The molecule has 2 unspecified atom stereocenters. The van der Waals surface area contributed by atoms with Gasteiger partial charge in [0, 0.05) is 19.0 Å². The number of carbonyl (C=O) groups excluding carboxylic acids is 2. The summed E-state index contributed by atoms with van der Waals surface area (Å²) in [4.78, 5) is 35.4. The minimum absolute atomic E-state index is 0.000129. The number of piperidine rings is 1. The zero-order valence-electron chi connectivity index (χ0n) is 12.1. The summed E-state index contributed by atoms with van der Waals surface area (Å²) in [7, 11) is 0. The predicted octanol–water partition coefficient (Wildman–Crippen LogP) is 0.201. The fraction of sp³-hybridized carbons (Fsp3) is 0.400. The van der Waals surface area contributed by atoms with Crippen LogP contribution in [0.3, 0.4) is 0 Å². The Hall–Kier alpha value is -2.41. The lowest BCUT2D eigenvalue weighted by molar-refractivity contribution is -0.144. The maximum absolute atomic E-state index is 12.2. The number of carboxylic acids is 1. The number of hydrogen-bond acceptors (Lipinski definition) is 5. The van der Waals surface area contributed by atoms with Crippen molar-refractivity contribution in [1.82, 2.24) is 10.6 Å². The van der Waals surface area contributed by atoms with E-state index in [1.54, 1.807) is 0 Å². The molecule has 0 bridgehead atoms. The van der Waals surface area contributed by atoms with E-state index in [1.165, 1.54) is 24.3 Å². The quantitative estimate of drug-likeness (QED) is 0.591. The lowest BCUT2D eigenvalue weighted by atomic mass is 9.92. The average molecular weight is 306 g/mol. The molecule has 0 aliphatic carbocycles. The zero-order chi connectivity index (χ0) is 16.3. The number of phenolic OH excluding ortho intramolecular Hbond substituents is 1. The van der Waals surface area contributed by atoms with Crippen LogP contribution in [0.15, 0.2) is 24.3 Å². The number of hydrogen-bond donors (Lipinski definition) is 4. The number of benzene rings is 1. The number of ketones is 1. The monoisotopic (exact) mass is 306 g/mol. The highest BCUT2D eigenvalue weighted by Gasteiger charge is 2.34. The third-order valence-corrected chi connectivity index (χ3v) is 3.64. The number of carboxylic acid groups (broad SMARTS) is 1. The molecule has 22 heavy (non-hydrogen) atoms. The van der Waals surface area contributed by atoms with Gasteiger partial charge in [0.1, 0.15) is 17.5 Å². The molecule has 7 nitrogen and oxygen atoms in total. The molecule has 1 aromatic carbocycles. The van der Waals surface area contributed by atoms with Crippen molar-refractivity contribution >= 4 is 17.7 Å². The summed E-state index contributed by atoms with van der Waals surface area (Å²) in [6.45, 7) is 2.05. The van der Waals surface area contributed by atoms with E-state index in [1.807, 2.05) is 6.92 Å². The van der Waals surface area contributed by atoms with Gasteiger partial charge in [-0.3, -0.25) is 9.59 Å². The van der Waals surface area contributed by atoms with Crippen molar-refractivity contribution in [2.24, 2.45) is 5.92 Å². The number of carbonyl (C=O) groups is 3. The van der Waals surface area contributed by atoms with E-state index >= 15 is 0 Å². The van der Waals surface area contributed by atoms with E-state index in [0.29, 0.717) is 5.56 Å². The van der Waals surface area contributed by atoms with Gasteiger partial charge in [-0.2, -0.15) is 0 Å². The van der Waals surface area contributed by atoms with Crippen molar-refractivity contribution in [2.75, 3.05) is 6.54 Å². The Kier molecular flexibility index (Phi) is 4.77. The van der Waals surface area contributed by atoms with Crippen LogP contribution >= 0.6 is 0 Å². The second kappa shape index (κ2) is 6.57. The molecule has 1 aliphatic rings. The first-order chi connectivity index (χ1) is 10.4. The van der Waals surface area contributed by atoms with Gasteiger partial charge < -0.3 is 20.8 Å². The summed E-state index contributed by atoms with van der Waals surface area (Å²) in [5.74, 6) is -2.91. The molecule has 0 spiro atoms. The lowest BCUT2D eigenvalue weighted by Crippen LogP contribution is -2.50. The van der Waals surface area contributed by atoms with E-state index < -0.39 is 23.8 Å². The SMILES string of the molecule is CC1CC(=O)C(C(=O)N[C@@H](C(=O)O)c2ccc(O)cc2)CN1. The molecule has 0 saturated carbocycles. The summed E-state index contributed by atoms with van der Waals surface area (Å²) < 4.78 is 0.